The van der Waals surface area contributed by atoms with Gasteiger partial charge in [-0.2, -0.15) is 0 Å². The Labute approximate surface area is 111 Å². The van der Waals surface area contributed by atoms with Gasteiger partial charge in [0.2, 0.25) is 0 Å². The largest absolute Gasteiger partial charge is 0.316 e. The smallest absolute Gasteiger partial charge is 0.0234 e. The molecule has 3 heteroatoms. The molecule has 0 atom stereocenters. The molecule has 0 amide bonds. The van der Waals surface area contributed by atoms with E-state index in [0.717, 1.165) is 19.6 Å². The summed E-state index contributed by atoms with van der Waals surface area (Å²) in [6, 6.07) is 10.8. The molecule has 1 aliphatic rings. The van der Waals surface area contributed by atoms with E-state index in [4.69, 9.17) is 0 Å². The average molecular weight is 247 g/mol. The predicted octanol–water partition coefficient (Wildman–Crippen LogP) is 1.41. The van der Waals surface area contributed by atoms with Crippen molar-refractivity contribution in [2.75, 3.05) is 45.8 Å². The third-order valence-corrected chi connectivity index (χ3v) is 3.57. The molecule has 0 aliphatic carbocycles. The second-order valence-electron chi connectivity index (χ2n) is 4.96. The van der Waals surface area contributed by atoms with Crippen LogP contribution in [0.25, 0.3) is 0 Å². The summed E-state index contributed by atoms with van der Waals surface area (Å²) in [4.78, 5) is 5.11. The lowest BCUT2D eigenvalue weighted by Gasteiger charge is -2.34. The van der Waals surface area contributed by atoms with Crippen molar-refractivity contribution in [1.82, 2.24) is 15.1 Å². The third-order valence-electron chi connectivity index (χ3n) is 3.57. The Hall–Kier alpha value is -0.900. The highest BCUT2D eigenvalue weighted by Crippen LogP contribution is 2.07. The lowest BCUT2D eigenvalue weighted by molar-refractivity contribution is 0.128. The van der Waals surface area contributed by atoms with Gasteiger partial charge in [0.1, 0.15) is 0 Å². The van der Waals surface area contributed by atoms with E-state index in [1.54, 1.807) is 0 Å². The van der Waals surface area contributed by atoms with Crippen molar-refractivity contribution in [2.24, 2.45) is 0 Å². The van der Waals surface area contributed by atoms with E-state index >= 15 is 0 Å². The van der Waals surface area contributed by atoms with Crippen molar-refractivity contribution in [2.45, 2.75) is 13.5 Å². The molecule has 2 rings (SSSR count). The Balaban J connectivity index is 1.67. The van der Waals surface area contributed by atoms with Crippen LogP contribution in [0.4, 0.5) is 0 Å². The first kappa shape index (κ1) is 13.5. The Bertz CT molecular complexity index is 318. The maximum atomic E-state index is 3.39. The third kappa shape index (κ3) is 4.41. The van der Waals surface area contributed by atoms with Gasteiger partial charge in [0.05, 0.1) is 0 Å². The molecule has 1 aromatic carbocycles. The molecule has 0 saturated carbocycles. The summed E-state index contributed by atoms with van der Waals surface area (Å²) < 4.78 is 0. The predicted molar refractivity (Wildman–Crippen MR) is 76.7 cm³/mol. The summed E-state index contributed by atoms with van der Waals surface area (Å²) in [7, 11) is 0. The topological polar surface area (TPSA) is 18.5 Å². The Morgan fingerprint density at radius 2 is 1.67 bits per heavy atom. The van der Waals surface area contributed by atoms with E-state index in [0.29, 0.717) is 0 Å². The molecule has 3 nitrogen and oxygen atoms in total. The molecule has 0 radical (unpaired) electrons. The highest BCUT2D eigenvalue weighted by Gasteiger charge is 2.16. The van der Waals surface area contributed by atoms with Gasteiger partial charge in [-0.15, -0.1) is 0 Å². The van der Waals surface area contributed by atoms with Crippen LogP contribution in [0.1, 0.15) is 12.5 Å². The van der Waals surface area contributed by atoms with E-state index in [1.165, 1.54) is 38.3 Å². The van der Waals surface area contributed by atoms with Crippen LogP contribution in [-0.4, -0.2) is 55.6 Å². The molecule has 0 bridgehead atoms. The highest BCUT2D eigenvalue weighted by atomic mass is 15.3. The minimum Gasteiger partial charge on any atom is -0.316 e. The summed E-state index contributed by atoms with van der Waals surface area (Å²) in [6.45, 7) is 11.5. The molecule has 0 aromatic heterocycles. The second kappa shape index (κ2) is 7.52. The molecular formula is C15H25N3. The van der Waals surface area contributed by atoms with Gasteiger partial charge in [-0.05, 0) is 12.1 Å². The fraction of sp³-hybridized carbons (Fsp3) is 0.600. The zero-order chi connectivity index (χ0) is 12.6. The monoisotopic (exact) mass is 247 g/mol. The van der Waals surface area contributed by atoms with Gasteiger partial charge in [0.25, 0.3) is 0 Å². The van der Waals surface area contributed by atoms with Gasteiger partial charge in [-0.25, -0.2) is 0 Å². The van der Waals surface area contributed by atoms with Gasteiger partial charge in [0.15, 0.2) is 0 Å². The summed E-state index contributed by atoms with van der Waals surface area (Å²) in [6.07, 6.45) is 0. The first-order chi connectivity index (χ1) is 8.88. The summed E-state index contributed by atoms with van der Waals surface area (Å²) in [5, 5.41) is 3.39. The number of piperazine rings is 1. The van der Waals surface area contributed by atoms with Crippen molar-refractivity contribution in [1.29, 1.82) is 0 Å². The van der Waals surface area contributed by atoms with E-state index in [1.807, 2.05) is 0 Å². The summed E-state index contributed by atoms with van der Waals surface area (Å²) in [5.41, 5.74) is 1.43. The van der Waals surface area contributed by atoms with Gasteiger partial charge in [0, 0.05) is 45.8 Å². The molecule has 0 unspecified atom stereocenters. The Morgan fingerprint density at radius 3 is 2.33 bits per heavy atom. The number of hydrogen-bond donors (Lipinski definition) is 1. The molecule has 1 saturated heterocycles. The molecule has 1 aromatic rings. The standard InChI is InChI=1S/C15H25N3/c1-2-16-8-9-17-10-12-18(13-11-17)14-15-6-4-3-5-7-15/h3-7,16H,2,8-14H2,1H3. The number of benzene rings is 1. The summed E-state index contributed by atoms with van der Waals surface area (Å²) >= 11 is 0. The van der Waals surface area contributed by atoms with Crippen molar-refractivity contribution >= 4 is 0 Å². The SMILES string of the molecule is CCNCCN1CCN(Cc2ccccc2)CC1. The zero-order valence-electron chi connectivity index (χ0n) is 11.4. The van der Waals surface area contributed by atoms with Gasteiger partial charge >= 0.3 is 0 Å². The van der Waals surface area contributed by atoms with Gasteiger partial charge < -0.3 is 5.32 Å². The zero-order valence-corrected chi connectivity index (χ0v) is 11.4. The van der Waals surface area contributed by atoms with Crippen molar-refractivity contribution in [3.8, 4) is 0 Å². The normalized spacial score (nSPS) is 18.1. The van der Waals surface area contributed by atoms with Gasteiger partial charge in [-0.1, -0.05) is 37.3 Å². The van der Waals surface area contributed by atoms with Crippen LogP contribution in [0.15, 0.2) is 30.3 Å². The average Bonchev–Trinajstić information content (AvgIpc) is 2.42. The molecule has 18 heavy (non-hydrogen) atoms. The van der Waals surface area contributed by atoms with Crippen molar-refractivity contribution in [3.05, 3.63) is 35.9 Å². The van der Waals surface area contributed by atoms with Crippen LogP contribution < -0.4 is 5.32 Å². The van der Waals surface area contributed by atoms with Crippen LogP contribution in [0.5, 0.6) is 0 Å². The van der Waals surface area contributed by atoms with E-state index < -0.39 is 0 Å². The minimum atomic E-state index is 1.08. The second-order valence-corrected chi connectivity index (χ2v) is 4.96. The number of rotatable bonds is 6. The number of hydrogen-bond acceptors (Lipinski definition) is 3. The quantitative estimate of drug-likeness (QED) is 0.767. The van der Waals surface area contributed by atoms with E-state index in [-0.39, 0.29) is 0 Å². The van der Waals surface area contributed by atoms with Gasteiger partial charge in [-0.3, -0.25) is 9.80 Å². The summed E-state index contributed by atoms with van der Waals surface area (Å²) in [5.74, 6) is 0. The molecule has 1 heterocycles. The van der Waals surface area contributed by atoms with Crippen LogP contribution in [0.2, 0.25) is 0 Å². The first-order valence-corrected chi connectivity index (χ1v) is 7.08. The van der Waals surface area contributed by atoms with Crippen LogP contribution in [0, 0.1) is 0 Å². The van der Waals surface area contributed by atoms with E-state index in [2.05, 4.69) is 52.4 Å². The number of likely N-dealkylation sites (N-methyl/N-ethyl adjacent to an activating group) is 1. The Kier molecular flexibility index (Phi) is 5.65. The number of nitrogens with zero attached hydrogens (tertiary/aromatic N) is 2. The Morgan fingerprint density at radius 1 is 1.00 bits per heavy atom. The first-order valence-electron chi connectivity index (χ1n) is 7.08. The minimum absolute atomic E-state index is 1.08. The van der Waals surface area contributed by atoms with Crippen LogP contribution in [-0.2, 0) is 6.54 Å². The van der Waals surface area contributed by atoms with Crippen LogP contribution in [0.3, 0.4) is 0 Å². The lowest BCUT2D eigenvalue weighted by Crippen LogP contribution is -2.47. The molecular weight excluding hydrogens is 222 g/mol. The maximum Gasteiger partial charge on any atom is 0.0234 e. The maximum absolute atomic E-state index is 3.39. The molecule has 0 spiro atoms. The fourth-order valence-corrected chi connectivity index (χ4v) is 2.43. The fourth-order valence-electron chi connectivity index (χ4n) is 2.43. The van der Waals surface area contributed by atoms with Crippen LogP contribution >= 0.6 is 0 Å². The van der Waals surface area contributed by atoms with E-state index in [9.17, 15) is 0 Å². The van der Waals surface area contributed by atoms with Crippen molar-refractivity contribution in [3.63, 3.8) is 0 Å². The lowest BCUT2D eigenvalue weighted by atomic mass is 10.2. The molecule has 1 fully saturated rings. The molecule has 1 N–H and O–H groups in total. The highest BCUT2D eigenvalue weighted by molar-refractivity contribution is 5.14. The molecule has 100 valence electrons. The number of nitrogens with one attached hydrogen (secondary N) is 1. The van der Waals surface area contributed by atoms with Crippen molar-refractivity contribution < 1.29 is 0 Å². The molecule has 1 aliphatic heterocycles.